The van der Waals surface area contributed by atoms with Gasteiger partial charge in [0.15, 0.2) is 0 Å². The van der Waals surface area contributed by atoms with Gasteiger partial charge in [0, 0.05) is 27.5 Å². The summed E-state index contributed by atoms with van der Waals surface area (Å²) < 4.78 is 17.3. The molecule has 0 aliphatic rings. The van der Waals surface area contributed by atoms with E-state index in [0.29, 0.717) is 33.7 Å². The van der Waals surface area contributed by atoms with Gasteiger partial charge in [-0.05, 0) is 47.7 Å². The number of pyridine rings is 1. The molecule has 5 nitrogen and oxygen atoms in total. The first-order valence-electron chi connectivity index (χ1n) is 7.53. The molecule has 1 aromatic heterocycles. The van der Waals surface area contributed by atoms with Gasteiger partial charge in [0.05, 0.1) is 30.7 Å². The summed E-state index contributed by atoms with van der Waals surface area (Å²) >= 11 is 2.16. The van der Waals surface area contributed by atoms with Crippen molar-refractivity contribution in [1.29, 1.82) is 0 Å². The summed E-state index contributed by atoms with van der Waals surface area (Å²) in [5.41, 5.74) is 1.86. The summed E-state index contributed by atoms with van der Waals surface area (Å²) in [6, 6.07) is 12.5. The van der Waals surface area contributed by atoms with Crippen molar-refractivity contribution in [2.24, 2.45) is 0 Å². The molecule has 25 heavy (non-hydrogen) atoms. The number of nitrogens with zero attached hydrogens (tertiary/aromatic N) is 1. The lowest BCUT2D eigenvalue weighted by Gasteiger charge is -2.13. The van der Waals surface area contributed by atoms with Crippen LogP contribution < -0.4 is 14.2 Å². The van der Waals surface area contributed by atoms with Crippen molar-refractivity contribution in [3.8, 4) is 17.2 Å². The molecule has 0 atom stereocenters. The Morgan fingerprint density at radius 1 is 1.04 bits per heavy atom. The van der Waals surface area contributed by atoms with Crippen LogP contribution in [-0.4, -0.2) is 25.2 Å². The molecule has 3 aromatic rings. The molecule has 128 valence electrons. The standard InChI is InChI=1S/C19H16INO4/c1-11-7-17(25-19(22)12-5-4-6-13(20)8-12)18-15(21-11)9-14(23-2)10-16(18)24-3/h4-10H,1-3H3. The lowest BCUT2D eigenvalue weighted by atomic mass is 10.1. The molecule has 0 aliphatic heterocycles. The number of carbonyl (C=O) groups excluding carboxylic acids is 1. The van der Waals surface area contributed by atoms with Gasteiger partial charge >= 0.3 is 5.97 Å². The van der Waals surface area contributed by atoms with Crippen molar-refractivity contribution >= 4 is 39.5 Å². The Hall–Kier alpha value is -2.35. The van der Waals surface area contributed by atoms with Crippen LogP contribution >= 0.6 is 22.6 Å². The SMILES string of the molecule is COc1cc(OC)c2c(OC(=O)c3cccc(I)c3)cc(C)nc2c1. The molecule has 0 bridgehead atoms. The summed E-state index contributed by atoms with van der Waals surface area (Å²) in [4.78, 5) is 17.0. The molecule has 0 N–H and O–H groups in total. The average molecular weight is 449 g/mol. The van der Waals surface area contributed by atoms with Crippen LogP contribution in [0.5, 0.6) is 17.2 Å². The topological polar surface area (TPSA) is 57.7 Å². The molecule has 0 radical (unpaired) electrons. The molecule has 6 heteroatoms. The maximum absolute atomic E-state index is 12.5. The molecule has 0 fully saturated rings. The Labute approximate surface area is 159 Å². The van der Waals surface area contributed by atoms with Gasteiger partial charge in [-0.15, -0.1) is 0 Å². The zero-order valence-corrected chi connectivity index (χ0v) is 16.2. The van der Waals surface area contributed by atoms with Crippen molar-refractivity contribution in [1.82, 2.24) is 4.98 Å². The minimum Gasteiger partial charge on any atom is -0.497 e. The summed E-state index contributed by atoms with van der Waals surface area (Å²) in [5, 5.41) is 0.632. The van der Waals surface area contributed by atoms with E-state index >= 15 is 0 Å². The highest BCUT2D eigenvalue weighted by atomic mass is 127. The second-order valence-corrected chi connectivity index (χ2v) is 6.63. The Morgan fingerprint density at radius 3 is 2.52 bits per heavy atom. The van der Waals surface area contributed by atoms with Crippen LogP contribution in [0.25, 0.3) is 10.9 Å². The van der Waals surface area contributed by atoms with E-state index in [1.165, 1.54) is 0 Å². The Bertz CT molecular complexity index is 956. The lowest BCUT2D eigenvalue weighted by molar-refractivity contribution is 0.0737. The van der Waals surface area contributed by atoms with E-state index in [1.807, 2.05) is 19.1 Å². The number of aromatic nitrogens is 1. The number of aryl methyl sites for hydroxylation is 1. The molecule has 3 rings (SSSR count). The fraction of sp³-hybridized carbons (Fsp3) is 0.158. The van der Waals surface area contributed by atoms with E-state index in [2.05, 4.69) is 27.6 Å². The number of esters is 1. The highest BCUT2D eigenvalue weighted by Gasteiger charge is 2.17. The Morgan fingerprint density at radius 2 is 1.84 bits per heavy atom. The molecule has 2 aromatic carbocycles. The highest BCUT2D eigenvalue weighted by molar-refractivity contribution is 14.1. The number of fused-ring (bicyclic) bond motifs is 1. The largest absolute Gasteiger partial charge is 0.497 e. The highest BCUT2D eigenvalue weighted by Crippen LogP contribution is 2.37. The number of carbonyl (C=O) groups is 1. The minimum absolute atomic E-state index is 0.408. The van der Waals surface area contributed by atoms with Crippen molar-refractivity contribution in [3.63, 3.8) is 0 Å². The van der Waals surface area contributed by atoms with Crippen LogP contribution in [0, 0.1) is 10.5 Å². The third-order valence-electron chi connectivity index (χ3n) is 3.66. The number of rotatable bonds is 4. The van der Waals surface area contributed by atoms with E-state index in [-0.39, 0.29) is 0 Å². The van der Waals surface area contributed by atoms with Crippen LogP contribution in [0.4, 0.5) is 0 Å². The number of hydrogen-bond acceptors (Lipinski definition) is 5. The smallest absolute Gasteiger partial charge is 0.343 e. The number of methoxy groups -OCH3 is 2. The molecule has 0 saturated carbocycles. The van der Waals surface area contributed by atoms with Gasteiger partial charge in [-0.1, -0.05) is 6.07 Å². The van der Waals surface area contributed by atoms with Crippen LogP contribution in [-0.2, 0) is 0 Å². The number of benzene rings is 2. The molecule has 1 heterocycles. The quantitative estimate of drug-likeness (QED) is 0.437. The predicted molar refractivity (Wildman–Crippen MR) is 104 cm³/mol. The second kappa shape index (κ2) is 7.26. The van der Waals surface area contributed by atoms with Crippen molar-refractivity contribution in [2.75, 3.05) is 14.2 Å². The molecule has 0 spiro atoms. The average Bonchev–Trinajstić information content (AvgIpc) is 2.60. The summed E-state index contributed by atoms with van der Waals surface area (Å²) in [6.45, 7) is 1.84. The maximum Gasteiger partial charge on any atom is 0.343 e. The third-order valence-corrected chi connectivity index (χ3v) is 4.33. The molecule has 0 aliphatic carbocycles. The maximum atomic E-state index is 12.5. The lowest BCUT2D eigenvalue weighted by Crippen LogP contribution is -2.09. The summed E-state index contributed by atoms with van der Waals surface area (Å²) in [6.07, 6.45) is 0. The first-order valence-corrected chi connectivity index (χ1v) is 8.61. The normalized spacial score (nSPS) is 10.6. The molecular weight excluding hydrogens is 433 g/mol. The Balaban J connectivity index is 2.10. The minimum atomic E-state index is -0.428. The first kappa shape index (κ1) is 17.5. The number of hydrogen-bond donors (Lipinski definition) is 0. The van der Waals surface area contributed by atoms with Crippen LogP contribution in [0.3, 0.4) is 0 Å². The van der Waals surface area contributed by atoms with Gasteiger partial charge in [0.1, 0.15) is 17.2 Å². The second-order valence-electron chi connectivity index (χ2n) is 5.39. The zero-order chi connectivity index (χ0) is 18.0. The van der Waals surface area contributed by atoms with E-state index < -0.39 is 5.97 Å². The van der Waals surface area contributed by atoms with Crippen molar-refractivity contribution in [2.45, 2.75) is 6.92 Å². The molecule has 0 saturated heterocycles. The predicted octanol–water partition coefficient (Wildman–Crippen LogP) is 4.38. The van der Waals surface area contributed by atoms with Gasteiger partial charge in [0.25, 0.3) is 0 Å². The fourth-order valence-corrected chi connectivity index (χ4v) is 3.07. The fourth-order valence-electron chi connectivity index (χ4n) is 2.53. The molecular formula is C19H16INO4. The number of halogens is 1. The van der Waals surface area contributed by atoms with Gasteiger partial charge < -0.3 is 14.2 Å². The molecule has 0 amide bonds. The summed E-state index contributed by atoms with van der Waals surface area (Å²) in [5.74, 6) is 1.14. The van der Waals surface area contributed by atoms with Gasteiger partial charge in [-0.3, -0.25) is 4.98 Å². The van der Waals surface area contributed by atoms with Crippen LogP contribution in [0.1, 0.15) is 16.1 Å². The third kappa shape index (κ3) is 3.68. The molecule has 0 unspecified atom stereocenters. The van der Waals surface area contributed by atoms with Gasteiger partial charge in [0.2, 0.25) is 0 Å². The first-order chi connectivity index (χ1) is 12.0. The van der Waals surface area contributed by atoms with Crippen molar-refractivity contribution in [3.05, 3.63) is 57.3 Å². The van der Waals surface area contributed by atoms with E-state index in [0.717, 1.165) is 9.26 Å². The van der Waals surface area contributed by atoms with E-state index in [1.54, 1.807) is 44.6 Å². The van der Waals surface area contributed by atoms with Crippen LogP contribution in [0.15, 0.2) is 42.5 Å². The number of ether oxygens (including phenoxy) is 3. The monoisotopic (exact) mass is 449 g/mol. The van der Waals surface area contributed by atoms with Crippen molar-refractivity contribution < 1.29 is 19.0 Å². The van der Waals surface area contributed by atoms with Gasteiger partial charge in [-0.2, -0.15) is 0 Å². The van der Waals surface area contributed by atoms with E-state index in [4.69, 9.17) is 14.2 Å². The Kier molecular flexibility index (Phi) is 5.08. The van der Waals surface area contributed by atoms with Crippen LogP contribution in [0.2, 0.25) is 0 Å². The summed E-state index contributed by atoms with van der Waals surface area (Å²) in [7, 11) is 3.13. The van der Waals surface area contributed by atoms with Gasteiger partial charge in [-0.25, -0.2) is 4.79 Å². The zero-order valence-electron chi connectivity index (χ0n) is 14.0. The van der Waals surface area contributed by atoms with E-state index in [9.17, 15) is 4.79 Å².